The quantitative estimate of drug-likeness (QED) is 0.312. The van der Waals surface area contributed by atoms with Gasteiger partial charge in [-0.15, -0.1) is 0 Å². The average Bonchev–Trinajstić information content (AvgIpc) is 2.94. The number of aliphatic hydroxyl groups excluding tert-OH is 2. The fourth-order valence-corrected chi connectivity index (χ4v) is 6.18. The summed E-state index contributed by atoms with van der Waals surface area (Å²) in [5, 5.41) is 18.6. The fourth-order valence-electron chi connectivity index (χ4n) is 4.23. The maximum absolute atomic E-state index is 12.5. The van der Waals surface area contributed by atoms with Gasteiger partial charge in [-0.25, -0.2) is 13.1 Å². The van der Waals surface area contributed by atoms with E-state index in [0.717, 1.165) is 28.0 Å². The van der Waals surface area contributed by atoms with Gasteiger partial charge in [-0.3, -0.25) is 0 Å². The largest absolute Gasteiger partial charge is 0.396 e. The fraction of sp³-hybridized carbons (Fsp3) is 0.357. The lowest BCUT2D eigenvalue weighted by molar-refractivity contribution is -0.268. The summed E-state index contributed by atoms with van der Waals surface area (Å²) in [5.74, 6) is 1.45. The minimum Gasteiger partial charge on any atom is -0.396 e. The Morgan fingerprint density at radius 3 is 2.16 bits per heavy atom. The minimum absolute atomic E-state index is 0.0125. The van der Waals surface area contributed by atoms with Crippen LogP contribution in [0.15, 0.2) is 83.8 Å². The molecule has 7 nitrogen and oxygen atoms in total. The van der Waals surface area contributed by atoms with Crippen LogP contribution in [0, 0.1) is 5.92 Å². The van der Waals surface area contributed by atoms with E-state index in [1.54, 1.807) is 42.1 Å². The van der Waals surface area contributed by atoms with Crippen molar-refractivity contribution < 1.29 is 28.1 Å². The molecule has 1 fully saturated rings. The third kappa shape index (κ3) is 7.20. The number of rotatable bonds is 11. The first-order chi connectivity index (χ1) is 17.9. The van der Waals surface area contributed by atoms with Gasteiger partial charge in [-0.05, 0) is 28.8 Å². The smallest absolute Gasteiger partial charge is 0.240 e. The molecule has 3 aromatic rings. The number of ether oxygens (including phenoxy) is 2. The molecule has 0 spiro atoms. The van der Waals surface area contributed by atoms with Crippen LogP contribution >= 0.6 is 11.8 Å². The van der Waals surface area contributed by atoms with Gasteiger partial charge in [0.1, 0.15) is 0 Å². The lowest BCUT2D eigenvalue weighted by atomic mass is 9.91. The molecule has 1 heterocycles. The Balaban J connectivity index is 1.48. The Morgan fingerprint density at radius 1 is 0.865 bits per heavy atom. The highest BCUT2D eigenvalue weighted by molar-refractivity contribution is 7.99. The van der Waals surface area contributed by atoms with Crippen LogP contribution in [0.3, 0.4) is 0 Å². The highest BCUT2D eigenvalue weighted by Crippen LogP contribution is 2.42. The number of nitrogens with one attached hydrogen (secondary N) is 1. The van der Waals surface area contributed by atoms with Gasteiger partial charge in [0.15, 0.2) is 6.29 Å². The zero-order valence-corrected chi connectivity index (χ0v) is 22.3. The summed E-state index contributed by atoms with van der Waals surface area (Å²) in [5.41, 5.74) is 3.52. The summed E-state index contributed by atoms with van der Waals surface area (Å²) in [7, 11) is -3.59. The zero-order valence-electron chi connectivity index (χ0n) is 20.7. The second-order valence-electron chi connectivity index (χ2n) is 9.00. The van der Waals surface area contributed by atoms with Gasteiger partial charge in [0.05, 0.1) is 30.3 Å². The van der Waals surface area contributed by atoms with Crippen LogP contribution in [-0.4, -0.2) is 42.8 Å². The first-order valence-corrected chi connectivity index (χ1v) is 14.9. The molecule has 4 unspecified atom stereocenters. The van der Waals surface area contributed by atoms with Crippen LogP contribution in [0.2, 0.25) is 0 Å². The Kier molecular flexibility index (Phi) is 9.77. The summed E-state index contributed by atoms with van der Waals surface area (Å²) >= 11 is 1.64. The molecule has 0 saturated carbocycles. The molecule has 3 N–H and O–H groups in total. The second-order valence-corrected chi connectivity index (χ2v) is 11.9. The van der Waals surface area contributed by atoms with Gasteiger partial charge in [0, 0.05) is 29.5 Å². The van der Waals surface area contributed by atoms with Crippen LogP contribution < -0.4 is 4.72 Å². The molecular weight excluding hydrogens is 510 g/mol. The van der Waals surface area contributed by atoms with Crippen molar-refractivity contribution in [2.75, 3.05) is 18.1 Å². The number of sulfonamides is 1. The van der Waals surface area contributed by atoms with Gasteiger partial charge >= 0.3 is 0 Å². The van der Waals surface area contributed by atoms with Crippen LogP contribution in [0.25, 0.3) is 0 Å². The van der Waals surface area contributed by atoms with E-state index in [2.05, 4.69) is 11.6 Å². The molecule has 0 bridgehead atoms. The summed E-state index contributed by atoms with van der Waals surface area (Å²) in [6.45, 7) is 2.38. The SMILES string of the molecule is CC1C(CSCCO)OC(c2ccc(CNS(=O)(=O)c3ccccc3)cc2)OC1c1ccc(CO)cc1. The van der Waals surface area contributed by atoms with Gasteiger partial charge in [-0.1, -0.05) is 73.7 Å². The molecule has 0 aromatic heterocycles. The Bertz CT molecular complexity index is 1220. The predicted molar refractivity (Wildman–Crippen MR) is 144 cm³/mol. The summed E-state index contributed by atoms with van der Waals surface area (Å²) in [6.07, 6.45) is -0.882. The maximum atomic E-state index is 12.5. The van der Waals surface area contributed by atoms with Crippen molar-refractivity contribution in [2.24, 2.45) is 5.92 Å². The number of hydrogen-bond acceptors (Lipinski definition) is 7. The molecule has 4 rings (SSSR count). The molecular formula is C28H33NO6S2. The Hall–Kier alpha value is -2.24. The van der Waals surface area contributed by atoms with E-state index in [0.29, 0.717) is 5.75 Å². The molecule has 9 heteroatoms. The number of aliphatic hydroxyl groups is 2. The normalized spacial score (nSPS) is 22.1. The molecule has 4 atom stereocenters. The van der Waals surface area contributed by atoms with E-state index in [9.17, 15) is 18.6 Å². The summed E-state index contributed by atoms with van der Waals surface area (Å²) in [6, 6.07) is 23.6. The zero-order chi connectivity index (χ0) is 26.3. The van der Waals surface area contributed by atoms with E-state index < -0.39 is 16.3 Å². The number of hydrogen-bond donors (Lipinski definition) is 3. The number of benzene rings is 3. The van der Waals surface area contributed by atoms with E-state index in [1.165, 1.54) is 0 Å². The highest BCUT2D eigenvalue weighted by atomic mass is 32.2. The molecule has 37 heavy (non-hydrogen) atoms. The van der Waals surface area contributed by atoms with Crippen LogP contribution in [0.4, 0.5) is 0 Å². The summed E-state index contributed by atoms with van der Waals surface area (Å²) in [4.78, 5) is 0.230. The lowest BCUT2D eigenvalue weighted by Gasteiger charge is -2.41. The van der Waals surface area contributed by atoms with E-state index in [1.807, 2.05) is 48.5 Å². The van der Waals surface area contributed by atoms with Gasteiger partial charge in [0.25, 0.3) is 0 Å². The van der Waals surface area contributed by atoms with Crippen molar-refractivity contribution in [1.82, 2.24) is 4.72 Å². The maximum Gasteiger partial charge on any atom is 0.240 e. The molecule has 1 aliphatic heterocycles. The van der Waals surface area contributed by atoms with E-state index in [4.69, 9.17) is 9.47 Å². The van der Waals surface area contributed by atoms with Gasteiger partial charge < -0.3 is 19.7 Å². The van der Waals surface area contributed by atoms with E-state index >= 15 is 0 Å². The van der Waals surface area contributed by atoms with Crippen molar-refractivity contribution in [1.29, 1.82) is 0 Å². The van der Waals surface area contributed by atoms with Crippen molar-refractivity contribution in [3.63, 3.8) is 0 Å². The van der Waals surface area contributed by atoms with Crippen molar-refractivity contribution in [3.05, 3.63) is 101 Å². The first-order valence-electron chi connectivity index (χ1n) is 12.2. The molecule has 0 aliphatic carbocycles. The molecule has 3 aromatic carbocycles. The Labute approximate surface area is 222 Å². The minimum atomic E-state index is -3.59. The first kappa shape index (κ1) is 27.8. The standard InChI is InChI=1S/C28H33NO6S2/c1-20-26(19-36-16-15-30)34-28(35-27(20)23-11-9-22(18-31)10-12-23)24-13-7-21(8-14-24)17-29-37(32,33)25-5-3-2-4-6-25/h2-14,20,26-31H,15-19H2,1H3. The molecule has 0 amide bonds. The summed E-state index contributed by atoms with van der Waals surface area (Å²) < 4.78 is 40.5. The van der Waals surface area contributed by atoms with Crippen LogP contribution in [0.1, 0.15) is 41.6 Å². The average molecular weight is 544 g/mol. The van der Waals surface area contributed by atoms with Crippen molar-refractivity contribution >= 4 is 21.8 Å². The Morgan fingerprint density at radius 2 is 1.51 bits per heavy atom. The third-order valence-corrected chi connectivity index (χ3v) is 8.87. The second kappa shape index (κ2) is 13.0. The molecule has 0 radical (unpaired) electrons. The predicted octanol–water partition coefficient (Wildman–Crippen LogP) is 4.17. The molecule has 1 saturated heterocycles. The lowest BCUT2D eigenvalue weighted by Crippen LogP contribution is -2.38. The van der Waals surface area contributed by atoms with Gasteiger partial charge in [0.2, 0.25) is 10.0 Å². The van der Waals surface area contributed by atoms with Crippen LogP contribution in [0.5, 0.6) is 0 Å². The van der Waals surface area contributed by atoms with Crippen molar-refractivity contribution in [3.8, 4) is 0 Å². The topological polar surface area (TPSA) is 105 Å². The third-order valence-electron chi connectivity index (χ3n) is 6.41. The molecule has 1 aliphatic rings. The van der Waals surface area contributed by atoms with Gasteiger partial charge in [-0.2, -0.15) is 11.8 Å². The highest BCUT2D eigenvalue weighted by Gasteiger charge is 2.38. The number of thioether (sulfide) groups is 1. The molecule has 198 valence electrons. The van der Waals surface area contributed by atoms with Crippen molar-refractivity contribution in [2.45, 2.75) is 43.5 Å². The van der Waals surface area contributed by atoms with Crippen LogP contribution in [-0.2, 0) is 32.6 Å². The van der Waals surface area contributed by atoms with E-state index in [-0.39, 0.29) is 42.8 Å². The monoisotopic (exact) mass is 543 g/mol.